The second-order valence-corrected chi connectivity index (χ2v) is 5.11. The van der Waals surface area contributed by atoms with E-state index in [2.05, 4.69) is 14.7 Å². The topological polar surface area (TPSA) is 75.1 Å². The van der Waals surface area contributed by atoms with Crippen molar-refractivity contribution in [3.05, 3.63) is 35.4 Å². The molecule has 1 heterocycles. The molecular formula is C12H10FN3O2S. The highest BCUT2D eigenvalue weighted by Crippen LogP contribution is 2.39. The van der Waals surface area contributed by atoms with E-state index in [0.717, 1.165) is 24.7 Å². The summed E-state index contributed by atoms with van der Waals surface area (Å²) < 4.78 is 17.9. The number of hydrogen-bond donors (Lipinski definition) is 2. The van der Waals surface area contributed by atoms with Crippen molar-refractivity contribution in [3.63, 3.8) is 0 Å². The SMILES string of the molecule is O=C(O)c1ccc(Nc2nc(C3CC3)ns2)c(F)c1. The first-order valence-corrected chi connectivity index (χ1v) is 6.54. The van der Waals surface area contributed by atoms with Gasteiger partial charge in [0.15, 0.2) is 0 Å². The fourth-order valence-electron chi connectivity index (χ4n) is 1.66. The molecule has 0 atom stereocenters. The Morgan fingerprint density at radius 3 is 2.89 bits per heavy atom. The van der Waals surface area contributed by atoms with Crippen molar-refractivity contribution in [1.82, 2.24) is 9.36 Å². The molecule has 2 N–H and O–H groups in total. The molecule has 1 aromatic heterocycles. The molecule has 1 aliphatic rings. The summed E-state index contributed by atoms with van der Waals surface area (Å²) in [4.78, 5) is 15.0. The number of carboxylic acids is 1. The zero-order chi connectivity index (χ0) is 13.4. The molecule has 0 aliphatic heterocycles. The maximum absolute atomic E-state index is 13.7. The Balaban J connectivity index is 1.79. The minimum absolute atomic E-state index is 0.0843. The summed E-state index contributed by atoms with van der Waals surface area (Å²) >= 11 is 1.18. The standard InChI is InChI=1S/C12H10FN3O2S/c13-8-5-7(11(17)18)3-4-9(8)14-12-15-10(16-19-12)6-1-2-6/h3-6H,1-2H2,(H,17,18)(H,14,15,16). The van der Waals surface area contributed by atoms with Crippen LogP contribution >= 0.6 is 11.5 Å². The predicted molar refractivity (Wildman–Crippen MR) is 68.5 cm³/mol. The third-order valence-electron chi connectivity index (χ3n) is 2.84. The van der Waals surface area contributed by atoms with Crippen LogP contribution in [0, 0.1) is 5.82 Å². The summed E-state index contributed by atoms with van der Waals surface area (Å²) in [6, 6.07) is 3.71. The van der Waals surface area contributed by atoms with Crippen LogP contribution in [0.15, 0.2) is 18.2 Å². The van der Waals surface area contributed by atoms with E-state index in [9.17, 15) is 9.18 Å². The normalized spacial score (nSPS) is 14.4. The molecule has 0 amide bonds. The van der Waals surface area contributed by atoms with Gasteiger partial charge in [0, 0.05) is 17.5 Å². The summed E-state index contributed by atoms with van der Waals surface area (Å²) in [6.45, 7) is 0. The van der Waals surface area contributed by atoms with E-state index >= 15 is 0 Å². The summed E-state index contributed by atoms with van der Waals surface area (Å²) in [6.07, 6.45) is 2.22. The average Bonchev–Trinajstić information content (AvgIpc) is 3.12. The minimum Gasteiger partial charge on any atom is -0.478 e. The van der Waals surface area contributed by atoms with Gasteiger partial charge < -0.3 is 10.4 Å². The van der Waals surface area contributed by atoms with Crippen molar-refractivity contribution in [2.75, 3.05) is 5.32 Å². The lowest BCUT2D eigenvalue weighted by molar-refractivity contribution is 0.0696. The first-order valence-electron chi connectivity index (χ1n) is 5.77. The first kappa shape index (κ1) is 12.0. The fourth-order valence-corrected chi connectivity index (χ4v) is 2.32. The number of halogens is 1. The lowest BCUT2D eigenvalue weighted by Gasteiger charge is -2.04. The van der Waals surface area contributed by atoms with Crippen LogP contribution in [-0.2, 0) is 0 Å². The van der Waals surface area contributed by atoms with Gasteiger partial charge in [-0.3, -0.25) is 0 Å². The molecule has 2 aromatic rings. The molecule has 3 rings (SSSR count). The molecule has 7 heteroatoms. The molecule has 0 spiro atoms. The van der Waals surface area contributed by atoms with E-state index in [4.69, 9.17) is 5.11 Å². The van der Waals surface area contributed by atoms with Gasteiger partial charge in [-0.1, -0.05) is 0 Å². The number of carbonyl (C=O) groups is 1. The quantitative estimate of drug-likeness (QED) is 0.899. The molecule has 1 fully saturated rings. The zero-order valence-electron chi connectivity index (χ0n) is 9.76. The molecular weight excluding hydrogens is 269 g/mol. The number of rotatable bonds is 4. The van der Waals surface area contributed by atoms with Gasteiger partial charge in [0.2, 0.25) is 5.13 Å². The number of benzene rings is 1. The van der Waals surface area contributed by atoms with E-state index in [1.807, 2.05) is 0 Å². The number of hydrogen-bond acceptors (Lipinski definition) is 5. The largest absolute Gasteiger partial charge is 0.478 e. The summed E-state index contributed by atoms with van der Waals surface area (Å²) in [5.74, 6) is -0.526. The Morgan fingerprint density at radius 1 is 1.47 bits per heavy atom. The van der Waals surface area contributed by atoms with E-state index in [-0.39, 0.29) is 11.3 Å². The molecule has 1 aliphatic carbocycles. The minimum atomic E-state index is -1.16. The van der Waals surface area contributed by atoms with E-state index in [0.29, 0.717) is 11.0 Å². The number of aromatic carboxylic acids is 1. The van der Waals surface area contributed by atoms with Crippen molar-refractivity contribution in [1.29, 1.82) is 0 Å². The third-order valence-corrected chi connectivity index (χ3v) is 3.49. The summed E-state index contributed by atoms with van der Waals surface area (Å²) in [7, 11) is 0. The number of aromatic nitrogens is 2. The molecule has 1 aromatic carbocycles. The maximum Gasteiger partial charge on any atom is 0.335 e. The lowest BCUT2D eigenvalue weighted by atomic mass is 10.2. The molecule has 0 saturated heterocycles. The molecule has 19 heavy (non-hydrogen) atoms. The van der Waals surface area contributed by atoms with E-state index < -0.39 is 11.8 Å². The van der Waals surface area contributed by atoms with Gasteiger partial charge in [0.1, 0.15) is 11.6 Å². The second-order valence-electron chi connectivity index (χ2n) is 4.36. The summed E-state index contributed by atoms with van der Waals surface area (Å²) in [5, 5.41) is 12.1. The van der Waals surface area contributed by atoms with E-state index in [1.54, 1.807) is 0 Å². The fraction of sp³-hybridized carbons (Fsp3) is 0.250. The van der Waals surface area contributed by atoms with Crippen LogP contribution in [0.3, 0.4) is 0 Å². The summed E-state index contributed by atoms with van der Waals surface area (Å²) in [5.41, 5.74) is 0.113. The van der Waals surface area contributed by atoms with Gasteiger partial charge in [-0.05, 0) is 31.0 Å². The molecule has 1 saturated carbocycles. The Hall–Kier alpha value is -2.02. The van der Waals surface area contributed by atoms with Gasteiger partial charge >= 0.3 is 5.97 Å². The van der Waals surface area contributed by atoms with Crippen molar-refractivity contribution in [2.45, 2.75) is 18.8 Å². The third kappa shape index (κ3) is 2.55. The Labute approximate surface area is 112 Å². The van der Waals surface area contributed by atoms with Crippen molar-refractivity contribution >= 4 is 28.3 Å². The Bertz CT molecular complexity index is 640. The molecule has 98 valence electrons. The highest BCUT2D eigenvalue weighted by molar-refractivity contribution is 7.09. The Kier molecular flexibility index (Phi) is 2.90. The van der Waals surface area contributed by atoms with Crippen molar-refractivity contribution in [2.24, 2.45) is 0 Å². The predicted octanol–water partition coefficient (Wildman–Crippen LogP) is 3.00. The van der Waals surface area contributed by atoms with Gasteiger partial charge in [-0.2, -0.15) is 4.37 Å². The average molecular weight is 279 g/mol. The highest BCUT2D eigenvalue weighted by Gasteiger charge is 2.27. The van der Waals surface area contributed by atoms with Gasteiger partial charge in [-0.25, -0.2) is 14.2 Å². The van der Waals surface area contributed by atoms with Crippen molar-refractivity contribution < 1.29 is 14.3 Å². The number of anilines is 2. The lowest BCUT2D eigenvalue weighted by Crippen LogP contribution is -1.99. The van der Waals surface area contributed by atoms with Crippen LogP contribution in [0.4, 0.5) is 15.2 Å². The van der Waals surface area contributed by atoms with Crippen LogP contribution in [0.2, 0.25) is 0 Å². The van der Waals surface area contributed by atoms with Crippen molar-refractivity contribution in [3.8, 4) is 0 Å². The molecule has 0 radical (unpaired) electrons. The monoisotopic (exact) mass is 279 g/mol. The Morgan fingerprint density at radius 2 is 2.26 bits per heavy atom. The molecule has 0 bridgehead atoms. The van der Waals surface area contributed by atoms with Crippen LogP contribution in [-0.4, -0.2) is 20.4 Å². The number of carboxylic acid groups (broad SMARTS) is 1. The van der Waals surface area contributed by atoms with Crippen LogP contribution in [0.25, 0.3) is 0 Å². The van der Waals surface area contributed by atoms with Crippen LogP contribution < -0.4 is 5.32 Å². The van der Waals surface area contributed by atoms with Crippen LogP contribution in [0.5, 0.6) is 0 Å². The van der Waals surface area contributed by atoms with Gasteiger partial charge in [-0.15, -0.1) is 0 Å². The number of nitrogens with zero attached hydrogens (tertiary/aromatic N) is 2. The molecule has 0 unspecified atom stereocenters. The van der Waals surface area contributed by atoms with Gasteiger partial charge in [0.05, 0.1) is 11.3 Å². The smallest absolute Gasteiger partial charge is 0.335 e. The van der Waals surface area contributed by atoms with Crippen LogP contribution in [0.1, 0.15) is 34.9 Å². The maximum atomic E-state index is 13.7. The van der Waals surface area contributed by atoms with E-state index in [1.165, 1.54) is 23.7 Å². The zero-order valence-corrected chi connectivity index (χ0v) is 10.6. The number of nitrogens with one attached hydrogen (secondary N) is 1. The highest BCUT2D eigenvalue weighted by atomic mass is 32.1. The second kappa shape index (κ2) is 4.58. The first-order chi connectivity index (χ1) is 9.13. The molecule has 5 nitrogen and oxygen atoms in total. The van der Waals surface area contributed by atoms with Gasteiger partial charge in [0.25, 0.3) is 0 Å².